The van der Waals surface area contributed by atoms with Gasteiger partial charge in [-0.3, -0.25) is 4.79 Å². The van der Waals surface area contributed by atoms with Crippen LogP contribution in [0.15, 0.2) is 40.8 Å². The fraction of sp³-hybridized carbons (Fsp3) is 0.294. The normalized spacial score (nSPS) is 17.1. The van der Waals surface area contributed by atoms with Crippen molar-refractivity contribution in [2.75, 3.05) is 14.2 Å². The molecule has 1 aromatic carbocycles. The van der Waals surface area contributed by atoms with Crippen LogP contribution in [0.2, 0.25) is 0 Å². The monoisotopic (exact) mass is 330 g/mol. The lowest BCUT2D eigenvalue weighted by atomic mass is 10.0. The van der Waals surface area contributed by atoms with Gasteiger partial charge in [0.25, 0.3) is 0 Å². The third-order valence-corrected chi connectivity index (χ3v) is 4.80. The molecule has 1 atom stereocenters. The highest BCUT2D eigenvalue weighted by molar-refractivity contribution is 7.10. The molecule has 1 aliphatic heterocycles. The number of rotatable bonds is 4. The van der Waals surface area contributed by atoms with Crippen molar-refractivity contribution in [2.24, 2.45) is 5.10 Å². The number of hydrazone groups is 1. The number of hydrogen-bond donors (Lipinski definition) is 0. The van der Waals surface area contributed by atoms with Gasteiger partial charge >= 0.3 is 0 Å². The second-order valence-electron chi connectivity index (χ2n) is 5.21. The summed E-state index contributed by atoms with van der Waals surface area (Å²) in [5.41, 5.74) is 1.73. The first-order chi connectivity index (χ1) is 11.1. The fourth-order valence-corrected chi connectivity index (χ4v) is 3.51. The molecule has 0 spiro atoms. The second-order valence-corrected chi connectivity index (χ2v) is 6.19. The van der Waals surface area contributed by atoms with Crippen LogP contribution in [-0.4, -0.2) is 30.8 Å². The van der Waals surface area contributed by atoms with E-state index in [1.165, 1.54) is 6.92 Å². The summed E-state index contributed by atoms with van der Waals surface area (Å²) in [5, 5.41) is 8.12. The summed E-state index contributed by atoms with van der Waals surface area (Å²) in [6.45, 7) is 1.54. The molecule has 3 rings (SSSR count). The minimum absolute atomic E-state index is 0.0469. The van der Waals surface area contributed by atoms with E-state index >= 15 is 0 Å². The van der Waals surface area contributed by atoms with Crippen LogP contribution in [0.3, 0.4) is 0 Å². The largest absolute Gasteiger partial charge is 0.497 e. The Balaban J connectivity index is 1.97. The average Bonchev–Trinajstić information content (AvgIpc) is 3.23. The van der Waals surface area contributed by atoms with Gasteiger partial charge in [0.2, 0.25) is 5.91 Å². The molecular formula is C17H18N2O3S. The molecule has 1 aliphatic rings. The van der Waals surface area contributed by atoms with Crippen molar-refractivity contribution >= 4 is 23.0 Å². The molecule has 0 unspecified atom stereocenters. The molecule has 0 bridgehead atoms. The summed E-state index contributed by atoms with van der Waals surface area (Å²) in [6.07, 6.45) is 0.669. The minimum atomic E-state index is -0.0640. The van der Waals surface area contributed by atoms with Crippen LogP contribution >= 0.6 is 11.3 Å². The fourth-order valence-electron chi connectivity index (χ4n) is 2.70. The molecule has 0 saturated carbocycles. The lowest BCUT2D eigenvalue weighted by Gasteiger charge is -2.18. The highest BCUT2D eigenvalue weighted by Crippen LogP contribution is 2.37. The number of hydrogen-bond acceptors (Lipinski definition) is 5. The van der Waals surface area contributed by atoms with E-state index in [1.807, 2.05) is 35.7 Å². The second kappa shape index (κ2) is 6.42. The number of thiophene rings is 1. The van der Waals surface area contributed by atoms with Crippen molar-refractivity contribution in [3.8, 4) is 11.5 Å². The number of ether oxygens (including phenoxy) is 2. The van der Waals surface area contributed by atoms with Crippen LogP contribution in [0.25, 0.3) is 0 Å². The summed E-state index contributed by atoms with van der Waals surface area (Å²) >= 11 is 1.64. The molecule has 6 heteroatoms. The zero-order valence-electron chi connectivity index (χ0n) is 13.3. The van der Waals surface area contributed by atoms with Gasteiger partial charge in [-0.05, 0) is 23.6 Å². The summed E-state index contributed by atoms with van der Waals surface area (Å²) < 4.78 is 10.7. The number of amides is 1. The van der Waals surface area contributed by atoms with Gasteiger partial charge in [0.1, 0.15) is 11.5 Å². The summed E-state index contributed by atoms with van der Waals surface area (Å²) in [4.78, 5) is 13.1. The van der Waals surface area contributed by atoms with Gasteiger partial charge in [-0.15, -0.1) is 11.3 Å². The van der Waals surface area contributed by atoms with Crippen LogP contribution < -0.4 is 9.47 Å². The number of carbonyl (C=O) groups excluding carboxylic acids is 1. The number of carbonyl (C=O) groups is 1. The first-order valence-corrected chi connectivity index (χ1v) is 8.15. The molecule has 2 aromatic rings. The van der Waals surface area contributed by atoms with Crippen LogP contribution in [0.1, 0.15) is 29.8 Å². The Kier molecular flexibility index (Phi) is 4.34. The average molecular weight is 330 g/mol. The molecule has 1 aromatic heterocycles. The van der Waals surface area contributed by atoms with Crippen molar-refractivity contribution < 1.29 is 14.3 Å². The van der Waals surface area contributed by atoms with E-state index in [9.17, 15) is 4.79 Å². The molecular weight excluding hydrogens is 312 g/mol. The molecule has 2 heterocycles. The molecule has 0 aliphatic carbocycles. The Morgan fingerprint density at radius 3 is 2.74 bits per heavy atom. The van der Waals surface area contributed by atoms with Gasteiger partial charge in [0.15, 0.2) is 0 Å². The Morgan fingerprint density at radius 1 is 1.30 bits per heavy atom. The lowest BCUT2D eigenvalue weighted by Crippen LogP contribution is -2.23. The maximum atomic E-state index is 12.0. The number of methoxy groups -OCH3 is 2. The minimum Gasteiger partial charge on any atom is -0.497 e. The Morgan fingerprint density at radius 2 is 2.13 bits per heavy atom. The molecule has 23 heavy (non-hydrogen) atoms. The highest BCUT2D eigenvalue weighted by Gasteiger charge is 2.33. The molecule has 120 valence electrons. The summed E-state index contributed by atoms with van der Waals surface area (Å²) in [7, 11) is 3.24. The van der Waals surface area contributed by atoms with Crippen molar-refractivity contribution in [1.29, 1.82) is 0 Å². The van der Waals surface area contributed by atoms with Gasteiger partial charge < -0.3 is 9.47 Å². The van der Waals surface area contributed by atoms with Gasteiger partial charge in [-0.2, -0.15) is 5.10 Å². The van der Waals surface area contributed by atoms with E-state index in [4.69, 9.17) is 9.47 Å². The third-order valence-electron chi connectivity index (χ3n) is 3.82. The SMILES string of the molecule is COc1ccc(C2=NN(C(C)=O)[C@@H](c3cccs3)C2)c(OC)c1. The zero-order valence-corrected chi connectivity index (χ0v) is 14.1. The predicted molar refractivity (Wildman–Crippen MR) is 90.3 cm³/mol. The molecule has 0 fully saturated rings. The predicted octanol–water partition coefficient (Wildman–Crippen LogP) is 3.46. The first-order valence-electron chi connectivity index (χ1n) is 7.27. The van der Waals surface area contributed by atoms with Crippen LogP contribution in [0.5, 0.6) is 11.5 Å². The molecule has 0 N–H and O–H groups in total. The Bertz CT molecular complexity index is 740. The van der Waals surface area contributed by atoms with Crippen molar-refractivity contribution in [3.63, 3.8) is 0 Å². The van der Waals surface area contributed by atoms with E-state index in [0.717, 1.165) is 21.9 Å². The zero-order chi connectivity index (χ0) is 16.4. The van der Waals surface area contributed by atoms with Gasteiger partial charge in [0, 0.05) is 29.9 Å². The Hall–Kier alpha value is -2.34. The van der Waals surface area contributed by atoms with Crippen LogP contribution in [-0.2, 0) is 4.79 Å². The standard InChI is InChI=1S/C17H18N2O3S/c1-11(20)19-15(17-5-4-8-23-17)10-14(18-19)13-7-6-12(21-2)9-16(13)22-3/h4-9,15H,10H2,1-3H3/t15-/m1/s1. The van der Waals surface area contributed by atoms with Gasteiger partial charge in [-0.25, -0.2) is 5.01 Å². The van der Waals surface area contributed by atoms with E-state index in [0.29, 0.717) is 12.2 Å². The van der Waals surface area contributed by atoms with Crippen molar-refractivity contribution in [2.45, 2.75) is 19.4 Å². The summed E-state index contributed by atoms with van der Waals surface area (Å²) in [6, 6.07) is 9.60. The van der Waals surface area contributed by atoms with Crippen LogP contribution in [0, 0.1) is 0 Å². The smallest absolute Gasteiger partial charge is 0.240 e. The summed E-state index contributed by atoms with van der Waals surface area (Å²) in [5.74, 6) is 1.35. The highest BCUT2D eigenvalue weighted by atomic mass is 32.1. The topological polar surface area (TPSA) is 51.1 Å². The van der Waals surface area contributed by atoms with Gasteiger partial charge in [-0.1, -0.05) is 6.07 Å². The van der Waals surface area contributed by atoms with Gasteiger partial charge in [0.05, 0.1) is 26.0 Å². The number of benzene rings is 1. The lowest BCUT2D eigenvalue weighted by molar-refractivity contribution is -0.130. The first kappa shape index (κ1) is 15.6. The Labute approximate surface area is 139 Å². The molecule has 5 nitrogen and oxygen atoms in total. The molecule has 0 saturated heterocycles. The quantitative estimate of drug-likeness (QED) is 0.862. The van der Waals surface area contributed by atoms with E-state index in [-0.39, 0.29) is 11.9 Å². The van der Waals surface area contributed by atoms with Crippen LogP contribution in [0.4, 0.5) is 0 Å². The van der Waals surface area contributed by atoms with E-state index in [2.05, 4.69) is 5.10 Å². The maximum Gasteiger partial charge on any atom is 0.240 e. The van der Waals surface area contributed by atoms with E-state index < -0.39 is 0 Å². The van der Waals surface area contributed by atoms with Crippen molar-refractivity contribution in [1.82, 2.24) is 5.01 Å². The maximum absolute atomic E-state index is 12.0. The van der Waals surface area contributed by atoms with E-state index in [1.54, 1.807) is 30.6 Å². The third kappa shape index (κ3) is 2.94. The van der Waals surface area contributed by atoms with Crippen molar-refractivity contribution in [3.05, 3.63) is 46.2 Å². The molecule has 1 amide bonds. The number of nitrogens with zero attached hydrogens (tertiary/aromatic N) is 2. The molecule has 0 radical (unpaired) electrons.